The van der Waals surface area contributed by atoms with Crippen LogP contribution >= 0.6 is 0 Å². The van der Waals surface area contributed by atoms with Gasteiger partial charge in [-0.2, -0.15) is 0 Å². The lowest BCUT2D eigenvalue weighted by molar-refractivity contribution is 0.355. The Morgan fingerprint density at radius 1 is 1.00 bits per heavy atom. The van der Waals surface area contributed by atoms with Gasteiger partial charge in [0.2, 0.25) is 0 Å². The van der Waals surface area contributed by atoms with Gasteiger partial charge in [-0.3, -0.25) is 9.48 Å². The summed E-state index contributed by atoms with van der Waals surface area (Å²) in [4.78, 5) is 17.3. The van der Waals surface area contributed by atoms with Crippen LogP contribution in [-0.2, 0) is 7.05 Å². The maximum absolute atomic E-state index is 12.8. The summed E-state index contributed by atoms with van der Waals surface area (Å²) >= 11 is 0. The molecule has 0 fully saturated rings. The Labute approximate surface area is 151 Å². The van der Waals surface area contributed by atoms with Gasteiger partial charge in [0.15, 0.2) is 17.2 Å². The van der Waals surface area contributed by atoms with Crippen LogP contribution in [0.15, 0.2) is 58.3 Å². The molecule has 0 bridgehead atoms. The zero-order chi connectivity index (χ0) is 18.7. The van der Waals surface area contributed by atoms with E-state index in [1.54, 1.807) is 35.9 Å². The first-order valence-electron chi connectivity index (χ1n) is 8.17. The Bertz CT molecular complexity index is 1000. The maximum atomic E-state index is 12.8. The molecule has 3 rings (SSSR count). The molecule has 1 heterocycles. The molecule has 0 unspecified atom stereocenters. The van der Waals surface area contributed by atoms with E-state index in [0.717, 1.165) is 16.9 Å². The number of nitrogens with zero attached hydrogens (tertiary/aromatic N) is 3. The Balaban J connectivity index is 2.01. The molecule has 2 aromatic carbocycles. The second-order valence-electron chi connectivity index (χ2n) is 5.78. The largest absolute Gasteiger partial charge is 0.493 e. The molecule has 0 spiro atoms. The molecule has 134 valence electrons. The minimum atomic E-state index is -0.159. The van der Waals surface area contributed by atoms with Gasteiger partial charge in [-0.05, 0) is 42.8 Å². The van der Waals surface area contributed by atoms with Crippen molar-refractivity contribution < 1.29 is 9.47 Å². The van der Waals surface area contributed by atoms with Crippen LogP contribution in [0.4, 0.5) is 5.69 Å². The van der Waals surface area contributed by atoms with Gasteiger partial charge in [0.05, 0.1) is 25.6 Å². The van der Waals surface area contributed by atoms with E-state index in [1.807, 2.05) is 56.4 Å². The Hall–Kier alpha value is -3.28. The van der Waals surface area contributed by atoms with Gasteiger partial charge in [0.1, 0.15) is 0 Å². The summed E-state index contributed by atoms with van der Waals surface area (Å²) in [6.45, 7) is 1.88. The Kier molecular flexibility index (Phi) is 4.93. The van der Waals surface area contributed by atoms with Crippen LogP contribution in [0.3, 0.4) is 0 Å². The Morgan fingerprint density at radius 3 is 2.35 bits per heavy atom. The summed E-state index contributed by atoms with van der Waals surface area (Å²) in [5.74, 6) is 1.26. The van der Waals surface area contributed by atoms with Gasteiger partial charge in [0, 0.05) is 13.3 Å². The van der Waals surface area contributed by atoms with E-state index in [0.29, 0.717) is 17.2 Å². The first-order valence-corrected chi connectivity index (χ1v) is 8.17. The third-order valence-corrected chi connectivity index (χ3v) is 4.27. The number of methoxy groups -OCH3 is 2. The van der Waals surface area contributed by atoms with Crippen molar-refractivity contribution in [3.8, 4) is 17.2 Å². The molecule has 0 saturated carbocycles. The number of aromatic nitrogens is 2. The first-order chi connectivity index (χ1) is 12.6. The van der Waals surface area contributed by atoms with Crippen LogP contribution in [0, 0.1) is 6.92 Å². The Morgan fingerprint density at radius 2 is 1.69 bits per heavy atom. The van der Waals surface area contributed by atoms with E-state index in [9.17, 15) is 4.79 Å². The number of benzene rings is 2. The first kappa shape index (κ1) is 17.5. The van der Waals surface area contributed by atoms with Crippen molar-refractivity contribution in [2.45, 2.75) is 6.92 Å². The summed E-state index contributed by atoms with van der Waals surface area (Å²) in [6, 6.07) is 15.0. The van der Waals surface area contributed by atoms with Crippen LogP contribution in [0.25, 0.3) is 5.69 Å². The van der Waals surface area contributed by atoms with Gasteiger partial charge in [-0.1, -0.05) is 18.2 Å². The molecule has 6 nitrogen and oxygen atoms in total. The van der Waals surface area contributed by atoms with Gasteiger partial charge in [-0.25, -0.2) is 9.67 Å². The maximum Gasteiger partial charge on any atom is 0.297 e. The van der Waals surface area contributed by atoms with Crippen molar-refractivity contribution in [1.29, 1.82) is 0 Å². The molecule has 1 aromatic heterocycles. The lowest BCUT2D eigenvalue weighted by Gasteiger charge is -2.07. The van der Waals surface area contributed by atoms with Gasteiger partial charge in [0.25, 0.3) is 5.56 Å². The standard InChI is InChI=1S/C20H21N3O3/c1-14-19(20(24)23(22(14)2)16-8-6-5-7-9-16)21-13-15-10-11-17(25-3)18(12-15)26-4/h5-13H,1-4H3. The molecule has 3 aromatic rings. The van der Waals surface area contributed by atoms with E-state index in [4.69, 9.17) is 9.47 Å². The van der Waals surface area contributed by atoms with Crippen molar-refractivity contribution >= 4 is 11.9 Å². The van der Waals surface area contributed by atoms with Gasteiger partial charge in [-0.15, -0.1) is 0 Å². The summed E-state index contributed by atoms with van der Waals surface area (Å²) in [6.07, 6.45) is 1.65. The van der Waals surface area contributed by atoms with E-state index < -0.39 is 0 Å². The predicted molar refractivity (Wildman–Crippen MR) is 103 cm³/mol. The quantitative estimate of drug-likeness (QED) is 0.663. The second kappa shape index (κ2) is 7.31. The lowest BCUT2D eigenvalue weighted by atomic mass is 10.2. The predicted octanol–water partition coefficient (Wildman–Crippen LogP) is 3.25. The van der Waals surface area contributed by atoms with Crippen LogP contribution in [0.5, 0.6) is 11.5 Å². The highest BCUT2D eigenvalue weighted by Crippen LogP contribution is 2.27. The third kappa shape index (κ3) is 3.13. The molecule has 26 heavy (non-hydrogen) atoms. The van der Waals surface area contributed by atoms with Crippen molar-refractivity contribution in [3.63, 3.8) is 0 Å². The third-order valence-electron chi connectivity index (χ3n) is 4.27. The van der Waals surface area contributed by atoms with Crippen molar-refractivity contribution in [2.24, 2.45) is 12.0 Å². The molecule has 0 radical (unpaired) electrons. The fourth-order valence-corrected chi connectivity index (χ4v) is 2.78. The van der Waals surface area contributed by atoms with Crippen molar-refractivity contribution in [3.05, 3.63) is 70.1 Å². The molecular formula is C20H21N3O3. The molecular weight excluding hydrogens is 330 g/mol. The molecule has 0 saturated heterocycles. The molecule has 0 aliphatic heterocycles. The van der Waals surface area contributed by atoms with Crippen LogP contribution in [0.1, 0.15) is 11.3 Å². The summed E-state index contributed by atoms with van der Waals surface area (Å²) < 4.78 is 13.9. The average molecular weight is 351 g/mol. The SMILES string of the molecule is COc1ccc(C=Nc2c(C)n(C)n(-c3ccccc3)c2=O)cc1OC. The topological polar surface area (TPSA) is 57.8 Å². The van der Waals surface area contributed by atoms with E-state index in [2.05, 4.69) is 4.99 Å². The van der Waals surface area contributed by atoms with Crippen molar-refractivity contribution in [2.75, 3.05) is 14.2 Å². The molecule has 0 atom stereocenters. The summed E-state index contributed by atoms with van der Waals surface area (Å²) in [7, 11) is 5.02. The average Bonchev–Trinajstić information content (AvgIpc) is 2.89. The fourth-order valence-electron chi connectivity index (χ4n) is 2.78. The zero-order valence-corrected chi connectivity index (χ0v) is 15.3. The van der Waals surface area contributed by atoms with Crippen LogP contribution < -0.4 is 15.0 Å². The van der Waals surface area contributed by atoms with E-state index >= 15 is 0 Å². The fraction of sp³-hybridized carbons (Fsp3) is 0.200. The monoisotopic (exact) mass is 351 g/mol. The summed E-state index contributed by atoms with van der Waals surface area (Å²) in [5, 5.41) is 0. The van der Waals surface area contributed by atoms with Crippen LogP contribution in [-0.4, -0.2) is 29.8 Å². The van der Waals surface area contributed by atoms with Gasteiger partial charge < -0.3 is 9.47 Å². The number of aliphatic imine (C=N–C) groups is 1. The molecule has 0 aliphatic carbocycles. The number of ether oxygens (including phenoxy) is 2. The van der Waals surface area contributed by atoms with E-state index in [-0.39, 0.29) is 5.56 Å². The number of hydrogen-bond acceptors (Lipinski definition) is 4. The smallest absolute Gasteiger partial charge is 0.297 e. The zero-order valence-electron chi connectivity index (χ0n) is 15.3. The van der Waals surface area contributed by atoms with E-state index in [1.165, 1.54) is 0 Å². The molecule has 0 amide bonds. The molecule has 0 N–H and O–H groups in total. The molecule has 6 heteroatoms. The highest BCUT2D eigenvalue weighted by Gasteiger charge is 2.15. The molecule has 0 aliphatic rings. The number of hydrogen-bond donors (Lipinski definition) is 0. The normalized spacial score (nSPS) is 11.1. The number of rotatable bonds is 5. The second-order valence-corrected chi connectivity index (χ2v) is 5.78. The lowest BCUT2D eigenvalue weighted by Crippen LogP contribution is -2.19. The summed E-state index contributed by atoms with van der Waals surface area (Å²) in [5.41, 5.74) is 2.65. The van der Waals surface area contributed by atoms with Gasteiger partial charge >= 0.3 is 0 Å². The number of para-hydroxylation sites is 1. The minimum absolute atomic E-state index is 0.159. The van der Waals surface area contributed by atoms with Crippen molar-refractivity contribution in [1.82, 2.24) is 9.36 Å². The highest BCUT2D eigenvalue weighted by molar-refractivity contribution is 5.83. The van der Waals surface area contributed by atoms with Crippen LogP contribution in [0.2, 0.25) is 0 Å². The minimum Gasteiger partial charge on any atom is -0.493 e. The highest BCUT2D eigenvalue weighted by atomic mass is 16.5.